The smallest absolute Gasteiger partial charge is 0.231 e. The molecule has 6 nitrogen and oxygen atoms in total. The number of halogens is 1. The molecule has 0 saturated heterocycles. The normalized spacial score (nSPS) is 13.9. The van der Waals surface area contributed by atoms with Gasteiger partial charge in [0.15, 0.2) is 23.0 Å². The summed E-state index contributed by atoms with van der Waals surface area (Å²) in [5.74, 6) is -0.0383. The second kappa shape index (κ2) is 5.70. The molecule has 1 atom stereocenters. The van der Waals surface area contributed by atoms with Crippen LogP contribution in [0.3, 0.4) is 0 Å². The van der Waals surface area contributed by atoms with Gasteiger partial charge in [-0.3, -0.25) is 4.79 Å². The molecule has 0 radical (unpaired) electrons. The molecule has 1 aromatic heterocycles. The molecule has 0 fully saturated rings. The quantitative estimate of drug-likeness (QED) is 0.630. The number of nitrogens with zero attached hydrogens (tertiary/aromatic N) is 1. The van der Waals surface area contributed by atoms with E-state index >= 15 is 0 Å². The number of rotatable bonds is 4. The first-order chi connectivity index (χ1) is 11.0. The number of ketones is 1. The van der Waals surface area contributed by atoms with E-state index in [1.54, 1.807) is 19.9 Å². The Balaban J connectivity index is 2.28. The Hall–Kier alpha value is -2.34. The minimum Gasteiger partial charge on any atom is -0.454 e. The van der Waals surface area contributed by atoms with Crippen LogP contribution < -0.4 is 9.47 Å². The van der Waals surface area contributed by atoms with Gasteiger partial charge >= 0.3 is 0 Å². The summed E-state index contributed by atoms with van der Waals surface area (Å²) in [7, 11) is 0. The first kappa shape index (κ1) is 15.6. The van der Waals surface area contributed by atoms with Gasteiger partial charge in [-0.25, -0.2) is 0 Å². The zero-order chi connectivity index (χ0) is 16.7. The Morgan fingerprint density at radius 3 is 2.70 bits per heavy atom. The zero-order valence-corrected chi connectivity index (χ0v) is 13.6. The number of aldehydes is 1. The fourth-order valence-corrected chi connectivity index (χ4v) is 2.95. The highest BCUT2D eigenvalue weighted by atomic mass is 35.5. The molecule has 1 aliphatic rings. The second-order valence-electron chi connectivity index (χ2n) is 5.33. The molecular formula is C16H14ClNO5. The molecule has 0 N–H and O–H groups in total. The first-order valence-electron chi connectivity index (χ1n) is 6.96. The SMILES string of the molecule is CC(=O)c1c2c(cc(C)c1C(C=O)c1onc(C)c1Cl)OCO2. The molecule has 1 unspecified atom stereocenters. The van der Waals surface area contributed by atoms with Gasteiger partial charge in [-0.1, -0.05) is 16.8 Å². The lowest BCUT2D eigenvalue weighted by Crippen LogP contribution is -2.11. The van der Waals surface area contributed by atoms with Crippen molar-refractivity contribution in [1.82, 2.24) is 5.16 Å². The van der Waals surface area contributed by atoms with Crippen molar-refractivity contribution in [2.24, 2.45) is 0 Å². The van der Waals surface area contributed by atoms with Crippen molar-refractivity contribution in [3.05, 3.63) is 39.2 Å². The lowest BCUT2D eigenvalue weighted by Gasteiger charge is -2.17. The van der Waals surface area contributed by atoms with E-state index in [2.05, 4.69) is 5.16 Å². The minimum absolute atomic E-state index is 0.0342. The molecule has 0 spiro atoms. The summed E-state index contributed by atoms with van der Waals surface area (Å²) in [6.45, 7) is 4.91. The number of hydrogen-bond donors (Lipinski definition) is 0. The largest absolute Gasteiger partial charge is 0.454 e. The fraction of sp³-hybridized carbons (Fsp3) is 0.312. The van der Waals surface area contributed by atoms with E-state index in [-0.39, 0.29) is 23.4 Å². The molecule has 0 amide bonds. The summed E-state index contributed by atoms with van der Waals surface area (Å²) in [5, 5.41) is 4.05. The highest BCUT2D eigenvalue weighted by Gasteiger charge is 2.33. The molecule has 120 valence electrons. The maximum Gasteiger partial charge on any atom is 0.231 e. The summed E-state index contributed by atoms with van der Waals surface area (Å²) >= 11 is 6.18. The van der Waals surface area contributed by atoms with E-state index in [0.717, 1.165) is 0 Å². The average molecular weight is 336 g/mol. The average Bonchev–Trinajstić information content (AvgIpc) is 3.08. The molecule has 0 saturated carbocycles. The topological polar surface area (TPSA) is 78.6 Å². The van der Waals surface area contributed by atoms with Crippen molar-refractivity contribution in [1.29, 1.82) is 0 Å². The van der Waals surface area contributed by atoms with Gasteiger partial charge in [-0.2, -0.15) is 0 Å². The Morgan fingerprint density at radius 2 is 2.13 bits per heavy atom. The van der Waals surface area contributed by atoms with Gasteiger partial charge in [0.2, 0.25) is 6.79 Å². The van der Waals surface area contributed by atoms with Crippen molar-refractivity contribution in [2.45, 2.75) is 26.7 Å². The lowest BCUT2D eigenvalue weighted by molar-refractivity contribution is -0.108. The Labute approximate surface area is 137 Å². The van der Waals surface area contributed by atoms with Crippen molar-refractivity contribution < 1.29 is 23.6 Å². The monoisotopic (exact) mass is 335 g/mol. The van der Waals surface area contributed by atoms with Crippen molar-refractivity contribution in [3.63, 3.8) is 0 Å². The van der Waals surface area contributed by atoms with E-state index in [0.29, 0.717) is 40.2 Å². The van der Waals surface area contributed by atoms with Gasteiger partial charge in [0.25, 0.3) is 0 Å². The minimum atomic E-state index is -0.850. The van der Waals surface area contributed by atoms with Gasteiger partial charge in [0.05, 0.1) is 11.3 Å². The van der Waals surface area contributed by atoms with Gasteiger partial charge < -0.3 is 18.8 Å². The van der Waals surface area contributed by atoms with Crippen LogP contribution in [0, 0.1) is 13.8 Å². The number of benzene rings is 1. The molecule has 0 aliphatic carbocycles. The molecule has 1 aliphatic heterocycles. The first-order valence-corrected chi connectivity index (χ1v) is 7.34. The van der Waals surface area contributed by atoms with E-state index < -0.39 is 5.92 Å². The van der Waals surface area contributed by atoms with Gasteiger partial charge in [0.1, 0.15) is 17.2 Å². The predicted octanol–water partition coefficient (Wildman–Crippen LogP) is 3.21. The third-order valence-corrected chi connectivity index (χ3v) is 4.27. The van der Waals surface area contributed by atoms with Crippen LogP contribution in [0.1, 0.15) is 45.8 Å². The highest BCUT2D eigenvalue weighted by molar-refractivity contribution is 6.32. The highest BCUT2D eigenvalue weighted by Crippen LogP contribution is 2.44. The number of aromatic nitrogens is 1. The fourth-order valence-electron chi connectivity index (χ4n) is 2.77. The van der Waals surface area contributed by atoms with Crippen LogP contribution in [0.4, 0.5) is 0 Å². The summed E-state index contributed by atoms with van der Waals surface area (Å²) in [6.07, 6.45) is 0.683. The van der Waals surface area contributed by atoms with E-state index in [4.69, 9.17) is 25.6 Å². The number of fused-ring (bicyclic) bond motifs is 1. The maximum absolute atomic E-state index is 12.2. The number of ether oxygens (including phenoxy) is 2. The van der Waals surface area contributed by atoms with E-state index in [1.165, 1.54) is 6.92 Å². The molecular weight excluding hydrogens is 322 g/mol. The van der Waals surface area contributed by atoms with Crippen LogP contribution in [0.15, 0.2) is 10.6 Å². The summed E-state index contributed by atoms with van der Waals surface area (Å²) in [4.78, 5) is 24.0. The number of aryl methyl sites for hydroxylation is 2. The Morgan fingerprint density at radius 1 is 1.39 bits per heavy atom. The molecule has 3 rings (SSSR count). The molecule has 7 heteroatoms. The van der Waals surface area contributed by atoms with Gasteiger partial charge in [-0.05, 0) is 38.0 Å². The summed E-state index contributed by atoms with van der Waals surface area (Å²) < 4.78 is 16.0. The zero-order valence-electron chi connectivity index (χ0n) is 12.8. The van der Waals surface area contributed by atoms with Crippen molar-refractivity contribution in [2.75, 3.05) is 6.79 Å². The maximum atomic E-state index is 12.2. The molecule has 1 aromatic carbocycles. The van der Waals surface area contributed by atoms with E-state index in [1.807, 2.05) is 0 Å². The number of Topliss-reactive ketones (excluding diaryl/α,β-unsaturated/α-hetero) is 1. The summed E-state index contributed by atoms with van der Waals surface area (Å²) in [5.41, 5.74) is 1.99. The van der Waals surface area contributed by atoms with Crippen LogP contribution in [0.5, 0.6) is 11.5 Å². The van der Waals surface area contributed by atoms with Crippen molar-refractivity contribution in [3.8, 4) is 11.5 Å². The third-order valence-electron chi connectivity index (χ3n) is 3.81. The summed E-state index contributed by atoms with van der Waals surface area (Å²) in [6, 6.07) is 1.73. The molecule has 2 heterocycles. The van der Waals surface area contributed by atoms with E-state index in [9.17, 15) is 9.59 Å². The predicted molar refractivity (Wildman–Crippen MR) is 81.5 cm³/mol. The van der Waals surface area contributed by atoms with Gasteiger partial charge in [0, 0.05) is 0 Å². The van der Waals surface area contributed by atoms with Crippen molar-refractivity contribution >= 4 is 23.7 Å². The molecule has 0 bridgehead atoms. The van der Waals surface area contributed by atoms with Crippen LogP contribution in [-0.4, -0.2) is 24.0 Å². The standard InChI is InChI=1S/C16H14ClNO5/c1-7-4-11-16(22-6-21-11)13(9(3)20)12(7)10(5-19)15-14(17)8(2)18-23-15/h4-5,10H,6H2,1-3H3. The van der Waals surface area contributed by atoms with Crippen LogP contribution in [-0.2, 0) is 4.79 Å². The van der Waals surface area contributed by atoms with Crippen LogP contribution >= 0.6 is 11.6 Å². The Bertz CT molecular complexity index is 811. The molecule has 2 aromatic rings. The number of carbonyl (C=O) groups excluding carboxylic acids is 2. The lowest BCUT2D eigenvalue weighted by atomic mass is 9.87. The van der Waals surface area contributed by atoms with Gasteiger partial charge in [-0.15, -0.1) is 0 Å². The third kappa shape index (κ3) is 2.39. The van der Waals surface area contributed by atoms with Crippen LogP contribution in [0.25, 0.3) is 0 Å². The number of hydrogen-bond acceptors (Lipinski definition) is 6. The molecule has 23 heavy (non-hydrogen) atoms. The second-order valence-corrected chi connectivity index (χ2v) is 5.71. The number of carbonyl (C=O) groups is 2. The van der Waals surface area contributed by atoms with Crippen LogP contribution in [0.2, 0.25) is 5.02 Å². The Kier molecular flexibility index (Phi) is 3.85.